The summed E-state index contributed by atoms with van der Waals surface area (Å²) in [5.41, 5.74) is 6.58. The van der Waals surface area contributed by atoms with Gasteiger partial charge >= 0.3 is 5.97 Å². The van der Waals surface area contributed by atoms with E-state index in [9.17, 15) is 24.3 Å². The molecule has 3 amide bonds. The van der Waals surface area contributed by atoms with Crippen LogP contribution >= 0.6 is 0 Å². The van der Waals surface area contributed by atoms with E-state index in [1.165, 1.54) is 12.5 Å². The molecule has 186 valence electrons. The SMILES string of the molecule is CCC(C)C(N)C(=O)NC(C(=O)NC(Cc1cnc[nH]1)C(=O)NC(C(=O)O)C(C)C)C(C)C. The van der Waals surface area contributed by atoms with E-state index in [2.05, 4.69) is 25.9 Å². The van der Waals surface area contributed by atoms with Crippen molar-refractivity contribution in [1.82, 2.24) is 25.9 Å². The highest BCUT2D eigenvalue weighted by Crippen LogP contribution is 2.10. The molecule has 33 heavy (non-hydrogen) atoms. The van der Waals surface area contributed by atoms with Gasteiger partial charge in [0.25, 0.3) is 0 Å². The molecule has 1 rings (SSSR count). The number of aliphatic carboxylic acids is 1. The number of aromatic amines is 1. The molecule has 7 N–H and O–H groups in total. The Bertz CT molecular complexity index is 795. The lowest BCUT2D eigenvalue weighted by Gasteiger charge is -2.28. The van der Waals surface area contributed by atoms with Gasteiger partial charge in [-0.05, 0) is 17.8 Å². The van der Waals surface area contributed by atoms with Crippen LogP contribution < -0.4 is 21.7 Å². The van der Waals surface area contributed by atoms with E-state index < -0.39 is 47.9 Å². The Labute approximate surface area is 194 Å². The molecule has 0 spiro atoms. The van der Waals surface area contributed by atoms with Gasteiger partial charge in [0, 0.05) is 18.3 Å². The Morgan fingerprint density at radius 2 is 1.55 bits per heavy atom. The van der Waals surface area contributed by atoms with Gasteiger partial charge in [0.05, 0.1) is 12.4 Å². The van der Waals surface area contributed by atoms with E-state index in [0.717, 1.165) is 0 Å². The molecule has 0 aromatic carbocycles. The third kappa shape index (κ3) is 8.49. The minimum absolute atomic E-state index is 0.0627. The van der Waals surface area contributed by atoms with E-state index in [1.54, 1.807) is 27.7 Å². The number of nitrogens with two attached hydrogens (primary N) is 1. The third-order valence-corrected chi connectivity index (χ3v) is 5.65. The lowest BCUT2D eigenvalue weighted by Crippen LogP contribution is -2.59. The first kappa shape index (κ1) is 28.1. The second kappa shape index (κ2) is 12.9. The van der Waals surface area contributed by atoms with Gasteiger partial charge in [-0.2, -0.15) is 0 Å². The Kier molecular flexibility index (Phi) is 11.0. The molecule has 11 heteroatoms. The molecule has 0 aliphatic heterocycles. The van der Waals surface area contributed by atoms with Crippen molar-refractivity contribution >= 4 is 23.7 Å². The van der Waals surface area contributed by atoms with E-state index in [0.29, 0.717) is 12.1 Å². The van der Waals surface area contributed by atoms with Crippen molar-refractivity contribution in [2.24, 2.45) is 23.5 Å². The zero-order chi connectivity index (χ0) is 25.3. The Morgan fingerprint density at radius 3 is 2.00 bits per heavy atom. The summed E-state index contributed by atoms with van der Waals surface area (Å²) in [6.07, 6.45) is 3.72. The van der Waals surface area contributed by atoms with Crippen LogP contribution in [0.3, 0.4) is 0 Å². The number of hydrogen-bond acceptors (Lipinski definition) is 6. The molecule has 11 nitrogen and oxygen atoms in total. The van der Waals surface area contributed by atoms with E-state index in [1.807, 2.05) is 13.8 Å². The molecular formula is C22H38N6O5. The number of amides is 3. The average molecular weight is 467 g/mol. The van der Waals surface area contributed by atoms with Crippen LogP contribution in [0.25, 0.3) is 0 Å². The molecule has 0 saturated carbocycles. The first-order chi connectivity index (χ1) is 15.4. The fraction of sp³-hybridized carbons (Fsp3) is 0.682. The maximum absolute atomic E-state index is 13.1. The first-order valence-corrected chi connectivity index (χ1v) is 11.3. The topological polar surface area (TPSA) is 179 Å². The van der Waals surface area contributed by atoms with Gasteiger partial charge in [-0.25, -0.2) is 9.78 Å². The summed E-state index contributed by atoms with van der Waals surface area (Å²) in [6.45, 7) is 10.7. The largest absolute Gasteiger partial charge is 0.480 e. The average Bonchev–Trinajstić information content (AvgIpc) is 3.25. The normalized spacial score (nSPS) is 15.9. The van der Waals surface area contributed by atoms with E-state index in [-0.39, 0.29) is 24.2 Å². The summed E-state index contributed by atoms with van der Waals surface area (Å²) in [7, 11) is 0. The quantitative estimate of drug-likeness (QED) is 0.240. The van der Waals surface area contributed by atoms with Crippen LogP contribution in [0.2, 0.25) is 0 Å². The summed E-state index contributed by atoms with van der Waals surface area (Å²) in [5.74, 6) is -3.54. The molecule has 0 bridgehead atoms. The zero-order valence-corrected chi connectivity index (χ0v) is 20.2. The Balaban J connectivity index is 3.05. The van der Waals surface area contributed by atoms with Crippen molar-refractivity contribution < 1.29 is 24.3 Å². The van der Waals surface area contributed by atoms with Gasteiger partial charge in [-0.15, -0.1) is 0 Å². The summed E-state index contributed by atoms with van der Waals surface area (Å²) < 4.78 is 0. The number of nitrogens with zero attached hydrogens (tertiary/aromatic N) is 1. The number of imidazole rings is 1. The van der Waals surface area contributed by atoms with Gasteiger partial charge in [0.2, 0.25) is 17.7 Å². The number of H-pyrrole nitrogens is 1. The molecule has 1 aromatic heterocycles. The molecule has 5 atom stereocenters. The number of carbonyl (C=O) groups excluding carboxylic acids is 3. The molecule has 5 unspecified atom stereocenters. The Morgan fingerprint density at radius 1 is 0.970 bits per heavy atom. The van der Waals surface area contributed by atoms with Crippen molar-refractivity contribution in [2.75, 3.05) is 0 Å². The van der Waals surface area contributed by atoms with Gasteiger partial charge in [-0.1, -0.05) is 48.0 Å². The summed E-state index contributed by atoms with van der Waals surface area (Å²) in [5, 5.41) is 17.3. The van der Waals surface area contributed by atoms with Crippen molar-refractivity contribution in [2.45, 2.75) is 78.6 Å². The molecule has 1 heterocycles. The number of carbonyl (C=O) groups is 4. The lowest BCUT2D eigenvalue weighted by atomic mass is 9.97. The number of rotatable bonds is 13. The number of carboxylic acids is 1. The Hall–Kier alpha value is -2.95. The fourth-order valence-corrected chi connectivity index (χ4v) is 3.15. The smallest absolute Gasteiger partial charge is 0.326 e. The molecule has 1 aromatic rings. The summed E-state index contributed by atoms with van der Waals surface area (Å²) in [6, 6.07) is -3.90. The summed E-state index contributed by atoms with van der Waals surface area (Å²) in [4.78, 5) is 56.9. The predicted molar refractivity (Wildman–Crippen MR) is 123 cm³/mol. The molecule has 0 radical (unpaired) electrons. The van der Waals surface area contributed by atoms with Crippen molar-refractivity contribution in [3.05, 3.63) is 18.2 Å². The second-order valence-corrected chi connectivity index (χ2v) is 9.05. The highest BCUT2D eigenvalue weighted by atomic mass is 16.4. The summed E-state index contributed by atoms with van der Waals surface area (Å²) >= 11 is 0. The van der Waals surface area contributed by atoms with Crippen molar-refractivity contribution in [3.63, 3.8) is 0 Å². The fourth-order valence-electron chi connectivity index (χ4n) is 3.15. The standard InChI is InChI=1S/C22H38N6O5/c1-7-13(6)16(23)20(30)27-17(11(2)3)21(31)26-15(8-14-9-24-10-25-14)19(29)28-18(12(4)5)22(32)33/h9-13,15-18H,7-8,23H2,1-6H3,(H,24,25)(H,26,31)(H,27,30)(H,28,29)(H,32,33). The molecular weight excluding hydrogens is 428 g/mol. The van der Waals surface area contributed by atoms with Crippen LogP contribution in [0.1, 0.15) is 53.7 Å². The minimum atomic E-state index is -1.17. The number of aromatic nitrogens is 2. The second-order valence-electron chi connectivity index (χ2n) is 9.05. The van der Waals surface area contributed by atoms with E-state index >= 15 is 0 Å². The molecule has 0 aliphatic rings. The molecule has 0 saturated heterocycles. The van der Waals surface area contributed by atoms with Crippen molar-refractivity contribution in [3.8, 4) is 0 Å². The lowest BCUT2D eigenvalue weighted by molar-refractivity contribution is -0.143. The van der Waals surface area contributed by atoms with Crippen LogP contribution in [0.4, 0.5) is 0 Å². The van der Waals surface area contributed by atoms with Gasteiger partial charge in [0.1, 0.15) is 18.1 Å². The highest BCUT2D eigenvalue weighted by molar-refractivity contribution is 5.94. The van der Waals surface area contributed by atoms with Crippen LogP contribution in [0.5, 0.6) is 0 Å². The van der Waals surface area contributed by atoms with Crippen molar-refractivity contribution in [1.29, 1.82) is 0 Å². The van der Waals surface area contributed by atoms with Crippen LogP contribution in [-0.4, -0.2) is 62.9 Å². The maximum atomic E-state index is 13.1. The van der Waals surface area contributed by atoms with Gasteiger partial charge in [0.15, 0.2) is 0 Å². The van der Waals surface area contributed by atoms with Gasteiger partial charge in [-0.3, -0.25) is 14.4 Å². The first-order valence-electron chi connectivity index (χ1n) is 11.3. The predicted octanol–water partition coefficient (Wildman–Crippen LogP) is 0.177. The highest BCUT2D eigenvalue weighted by Gasteiger charge is 2.33. The maximum Gasteiger partial charge on any atom is 0.326 e. The minimum Gasteiger partial charge on any atom is -0.480 e. The molecule has 0 fully saturated rings. The van der Waals surface area contributed by atoms with E-state index in [4.69, 9.17) is 5.73 Å². The van der Waals surface area contributed by atoms with Crippen LogP contribution in [0.15, 0.2) is 12.5 Å². The number of carboxylic acid groups (broad SMARTS) is 1. The van der Waals surface area contributed by atoms with Gasteiger partial charge < -0.3 is 31.8 Å². The zero-order valence-electron chi connectivity index (χ0n) is 20.2. The third-order valence-electron chi connectivity index (χ3n) is 5.65. The molecule has 0 aliphatic carbocycles. The number of nitrogens with one attached hydrogen (secondary N) is 4. The van der Waals surface area contributed by atoms with Crippen LogP contribution in [0, 0.1) is 17.8 Å². The monoisotopic (exact) mass is 466 g/mol. The van der Waals surface area contributed by atoms with Crippen LogP contribution in [-0.2, 0) is 25.6 Å². The number of hydrogen-bond donors (Lipinski definition) is 6.